The van der Waals surface area contributed by atoms with Crippen LogP contribution in [0.2, 0.25) is 0 Å². The first-order valence-electron chi connectivity index (χ1n) is 5.55. The van der Waals surface area contributed by atoms with E-state index in [1.807, 2.05) is 0 Å². The number of H-pyrrole nitrogens is 1. The van der Waals surface area contributed by atoms with Gasteiger partial charge in [0.2, 0.25) is 0 Å². The maximum Gasteiger partial charge on any atom is 0.338 e. The average Bonchev–Trinajstić information content (AvgIpc) is 2.73. The first kappa shape index (κ1) is 10.3. The fourth-order valence-electron chi connectivity index (χ4n) is 1.73. The van der Waals surface area contributed by atoms with Crippen molar-refractivity contribution in [1.82, 2.24) is 9.97 Å². The molecule has 1 aliphatic rings. The zero-order valence-corrected chi connectivity index (χ0v) is 9.18. The van der Waals surface area contributed by atoms with E-state index in [1.54, 1.807) is 24.5 Å². The highest BCUT2D eigenvalue weighted by Crippen LogP contribution is 2.14. The molecule has 3 rings (SSSR count). The Bertz CT molecular complexity index is 545. The maximum absolute atomic E-state index is 11.7. The van der Waals surface area contributed by atoms with Gasteiger partial charge in [-0.25, -0.2) is 9.78 Å². The Hall–Kier alpha value is -1.88. The number of hydrogen-bond donors (Lipinski definition) is 1. The minimum absolute atomic E-state index is 0.0786. The Morgan fingerprint density at radius 1 is 1.59 bits per heavy atom. The molecule has 1 saturated heterocycles. The number of nitrogens with one attached hydrogen (secondary N) is 1. The highest BCUT2D eigenvalue weighted by molar-refractivity contribution is 5.93. The average molecular weight is 232 g/mol. The Morgan fingerprint density at radius 2 is 2.47 bits per heavy atom. The second kappa shape index (κ2) is 4.18. The summed E-state index contributed by atoms with van der Waals surface area (Å²) in [7, 11) is 0. The molecule has 5 heteroatoms. The molecule has 1 aromatic heterocycles. The quantitative estimate of drug-likeness (QED) is 0.815. The van der Waals surface area contributed by atoms with Gasteiger partial charge in [-0.1, -0.05) is 0 Å². The second-order valence-corrected chi connectivity index (χ2v) is 4.01. The van der Waals surface area contributed by atoms with Crippen LogP contribution >= 0.6 is 0 Å². The smallest absolute Gasteiger partial charge is 0.338 e. The number of imidazole rings is 1. The third-order valence-electron chi connectivity index (χ3n) is 2.85. The predicted octanol–water partition coefficient (Wildman–Crippen LogP) is 1.51. The zero-order valence-electron chi connectivity index (χ0n) is 9.18. The van der Waals surface area contributed by atoms with Gasteiger partial charge in [0.15, 0.2) is 0 Å². The summed E-state index contributed by atoms with van der Waals surface area (Å²) in [5.74, 6) is -0.322. The van der Waals surface area contributed by atoms with E-state index < -0.39 is 0 Å². The lowest BCUT2D eigenvalue weighted by Crippen LogP contribution is -2.32. The van der Waals surface area contributed by atoms with Gasteiger partial charge in [-0.05, 0) is 18.2 Å². The molecule has 0 bridgehead atoms. The lowest BCUT2D eigenvalue weighted by Gasteiger charge is -2.25. The van der Waals surface area contributed by atoms with Gasteiger partial charge in [0.1, 0.15) is 6.61 Å². The monoisotopic (exact) mass is 232 g/mol. The first-order valence-corrected chi connectivity index (χ1v) is 5.55. The fourth-order valence-corrected chi connectivity index (χ4v) is 1.73. The van der Waals surface area contributed by atoms with Crippen molar-refractivity contribution >= 4 is 17.0 Å². The third-order valence-corrected chi connectivity index (χ3v) is 2.85. The van der Waals surface area contributed by atoms with E-state index in [2.05, 4.69) is 9.97 Å². The summed E-state index contributed by atoms with van der Waals surface area (Å²) < 4.78 is 10.3. The summed E-state index contributed by atoms with van der Waals surface area (Å²) >= 11 is 0. The van der Waals surface area contributed by atoms with Crippen molar-refractivity contribution in [3.05, 3.63) is 30.1 Å². The number of fused-ring (bicyclic) bond motifs is 1. The Morgan fingerprint density at radius 3 is 3.24 bits per heavy atom. The van der Waals surface area contributed by atoms with Gasteiger partial charge in [0.05, 0.1) is 29.0 Å². The number of hydrogen-bond acceptors (Lipinski definition) is 4. The van der Waals surface area contributed by atoms with Crippen LogP contribution in [0.15, 0.2) is 24.5 Å². The molecule has 0 aliphatic carbocycles. The van der Waals surface area contributed by atoms with Crippen molar-refractivity contribution in [2.75, 3.05) is 13.2 Å². The lowest BCUT2D eigenvalue weighted by atomic mass is 10.2. The van der Waals surface area contributed by atoms with Crippen LogP contribution < -0.4 is 0 Å². The molecule has 0 amide bonds. The molecule has 17 heavy (non-hydrogen) atoms. The molecule has 2 heterocycles. The molecular weight excluding hydrogens is 220 g/mol. The van der Waals surface area contributed by atoms with Gasteiger partial charge in [0.25, 0.3) is 0 Å². The Labute approximate surface area is 97.7 Å². The summed E-state index contributed by atoms with van der Waals surface area (Å²) in [6, 6.07) is 5.25. The van der Waals surface area contributed by atoms with Crippen LogP contribution in [0.1, 0.15) is 16.8 Å². The van der Waals surface area contributed by atoms with Crippen molar-refractivity contribution in [1.29, 1.82) is 0 Å². The standard InChI is InChI=1S/C12H12N2O3/c15-12(17-6-9-3-4-16-9)8-1-2-10-11(5-8)14-7-13-10/h1-2,5,7,9H,3-4,6H2,(H,13,14)/t9-/m0/s1. The van der Waals surface area contributed by atoms with Crippen LogP contribution in [-0.4, -0.2) is 35.3 Å². The normalized spacial score (nSPS) is 18.9. The number of benzene rings is 1. The molecular formula is C12H12N2O3. The number of carbonyl (C=O) groups excluding carboxylic acids is 1. The fraction of sp³-hybridized carbons (Fsp3) is 0.333. The number of carbonyl (C=O) groups is 1. The van der Waals surface area contributed by atoms with E-state index in [4.69, 9.17) is 9.47 Å². The molecule has 1 aromatic carbocycles. The molecule has 0 spiro atoms. The number of rotatable bonds is 3. The molecule has 0 radical (unpaired) electrons. The predicted molar refractivity (Wildman–Crippen MR) is 60.7 cm³/mol. The number of aromatic nitrogens is 2. The van der Waals surface area contributed by atoms with Crippen LogP contribution in [0, 0.1) is 0 Å². The summed E-state index contributed by atoms with van der Waals surface area (Å²) in [5.41, 5.74) is 2.20. The van der Waals surface area contributed by atoms with Gasteiger partial charge in [-0.15, -0.1) is 0 Å². The maximum atomic E-state index is 11.7. The van der Waals surface area contributed by atoms with Crippen molar-refractivity contribution in [2.24, 2.45) is 0 Å². The SMILES string of the molecule is O=C(OC[C@@H]1CCO1)c1ccc2nc[nH]c2c1. The highest BCUT2D eigenvalue weighted by atomic mass is 16.6. The molecule has 0 unspecified atom stereocenters. The topological polar surface area (TPSA) is 64.2 Å². The zero-order chi connectivity index (χ0) is 11.7. The van der Waals surface area contributed by atoms with Gasteiger partial charge < -0.3 is 14.5 Å². The molecule has 1 fully saturated rings. The van der Waals surface area contributed by atoms with E-state index >= 15 is 0 Å². The second-order valence-electron chi connectivity index (χ2n) is 4.01. The largest absolute Gasteiger partial charge is 0.459 e. The molecule has 2 aromatic rings. The van der Waals surface area contributed by atoms with Crippen molar-refractivity contribution in [3.63, 3.8) is 0 Å². The van der Waals surface area contributed by atoms with Crippen LogP contribution in [0.3, 0.4) is 0 Å². The Balaban J connectivity index is 1.70. The van der Waals surface area contributed by atoms with E-state index in [0.717, 1.165) is 24.1 Å². The number of aromatic amines is 1. The van der Waals surface area contributed by atoms with Crippen LogP contribution in [0.5, 0.6) is 0 Å². The van der Waals surface area contributed by atoms with Crippen LogP contribution in [0.25, 0.3) is 11.0 Å². The van der Waals surface area contributed by atoms with E-state index in [0.29, 0.717) is 12.2 Å². The first-order chi connectivity index (χ1) is 8.33. The molecule has 5 nitrogen and oxygen atoms in total. The minimum Gasteiger partial charge on any atom is -0.459 e. The van der Waals surface area contributed by atoms with Gasteiger partial charge in [0, 0.05) is 13.0 Å². The molecule has 1 aliphatic heterocycles. The lowest BCUT2D eigenvalue weighted by molar-refractivity contribution is -0.0824. The number of ether oxygens (including phenoxy) is 2. The minimum atomic E-state index is -0.322. The number of nitrogens with zero attached hydrogens (tertiary/aromatic N) is 1. The summed E-state index contributed by atoms with van der Waals surface area (Å²) in [6.07, 6.45) is 2.64. The van der Waals surface area contributed by atoms with Gasteiger partial charge in [-0.2, -0.15) is 0 Å². The molecule has 1 N–H and O–H groups in total. The van der Waals surface area contributed by atoms with E-state index in [1.165, 1.54) is 0 Å². The van der Waals surface area contributed by atoms with Crippen molar-refractivity contribution < 1.29 is 14.3 Å². The van der Waals surface area contributed by atoms with Crippen molar-refractivity contribution in [3.8, 4) is 0 Å². The van der Waals surface area contributed by atoms with Crippen molar-refractivity contribution in [2.45, 2.75) is 12.5 Å². The highest BCUT2D eigenvalue weighted by Gasteiger charge is 2.20. The number of esters is 1. The molecule has 1 atom stereocenters. The molecule has 88 valence electrons. The Kier molecular flexibility index (Phi) is 2.53. The van der Waals surface area contributed by atoms with Gasteiger partial charge >= 0.3 is 5.97 Å². The third kappa shape index (κ3) is 2.01. The van der Waals surface area contributed by atoms with Gasteiger partial charge in [-0.3, -0.25) is 0 Å². The summed E-state index contributed by atoms with van der Waals surface area (Å²) in [4.78, 5) is 18.8. The summed E-state index contributed by atoms with van der Waals surface area (Å²) in [6.45, 7) is 1.10. The molecule has 0 saturated carbocycles. The van der Waals surface area contributed by atoms with Crippen LogP contribution in [0.4, 0.5) is 0 Å². The van der Waals surface area contributed by atoms with E-state index in [-0.39, 0.29) is 12.1 Å². The van der Waals surface area contributed by atoms with E-state index in [9.17, 15) is 4.79 Å². The van der Waals surface area contributed by atoms with Crippen LogP contribution in [-0.2, 0) is 9.47 Å². The summed E-state index contributed by atoms with van der Waals surface area (Å²) in [5, 5.41) is 0.